The first kappa shape index (κ1) is 13.1. The van der Waals surface area contributed by atoms with Gasteiger partial charge in [0.2, 0.25) is 0 Å². The van der Waals surface area contributed by atoms with Crippen molar-refractivity contribution < 1.29 is 9.13 Å². The molecular weight excluding hydrogens is 253 g/mol. The van der Waals surface area contributed by atoms with Crippen molar-refractivity contribution in [1.82, 2.24) is 0 Å². The minimum absolute atomic E-state index is 0.0933. The Balaban J connectivity index is 1.75. The Labute approximate surface area is 118 Å². The van der Waals surface area contributed by atoms with Gasteiger partial charge in [0.1, 0.15) is 18.2 Å². The second-order valence-corrected chi connectivity index (χ2v) is 5.24. The molecule has 20 heavy (non-hydrogen) atoms. The zero-order valence-electron chi connectivity index (χ0n) is 11.3. The Hall–Kier alpha value is -1.87. The van der Waals surface area contributed by atoms with Crippen molar-refractivity contribution in [2.45, 2.75) is 31.9 Å². The number of aryl methyl sites for hydroxylation is 1. The molecule has 1 aliphatic rings. The minimum atomic E-state index is -0.234. The Kier molecular flexibility index (Phi) is 3.70. The number of ether oxygens (including phenoxy) is 1. The van der Waals surface area contributed by atoms with Crippen LogP contribution in [0.25, 0.3) is 0 Å². The molecule has 2 aromatic carbocycles. The van der Waals surface area contributed by atoms with Crippen LogP contribution in [0.4, 0.5) is 4.39 Å². The fourth-order valence-corrected chi connectivity index (χ4v) is 2.68. The van der Waals surface area contributed by atoms with Crippen LogP contribution in [-0.2, 0) is 13.0 Å². The van der Waals surface area contributed by atoms with E-state index >= 15 is 0 Å². The van der Waals surface area contributed by atoms with E-state index < -0.39 is 0 Å². The smallest absolute Gasteiger partial charge is 0.129 e. The first-order valence-electron chi connectivity index (χ1n) is 6.98. The topological polar surface area (TPSA) is 35.2 Å². The zero-order valence-corrected chi connectivity index (χ0v) is 11.3. The molecule has 104 valence electrons. The second kappa shape index (κ2) is 5.63. The zero-order chi connectivity index (χ0) is 13.9. The number of nitrogens with two attached hydrogens (primary N) is 1. The first-order valence-corrected chi connectivity index (χ1v) is 6.98. The molecule has 0 fully saturated rings. The number of fused-ring (bicyclic) bond motifs is 1. The first-order chi connectivity index (χ1) is 9.74. The van der Waals surface area contributed by atoms with E-state index in [-0.39, 0.29) is 18.5 Å². The highest BCUT2D eigenvalue weighted by Crippen LogP contribution is 2.31. The standard InChI is InChI=1S/C17H18FNO/c18-16-6-2-1-4-13(16)11-20-14-9-8-12-5-3-7-17(19)15(12)10-14/h1-2,4,6,8-10,17H,3,5,7,11,19H2. The van der Waals surface area contributed by atoms with Crippen LogP contribution in [-0.4, -0.2) is 0 Å². The summed E-state index contributed by atoms with van der Waals surface area (Å²) in [5.74, 6) is 0.520. The van der Waals surface area contributed by atoms with E-state index in [9.17, 15) is 4.39 Å². The molecule has 0 spiro atoms. The molecule has 0 heterocycles. The van der Waals surface area contributed by atoms with Gasteiger partial charge < -0.3 is 10.5 Å². The summed E-state index contributed by atoms with van der Waals surface area (Å²) in [5.41, 5.74) is 9.17. The van der Waals surface area contributed by atoms with Gasteiger partial charge in [0.05, 0.1) is 0 Å². The van der Waals surface area contributed by atoms with Crippen LogP contribution in [0.15, 0.2) is 42.5 Å². The second-order valence-electron chi connectivity index (χ2n) is 5.24. The maximum atomic E-state index is 13.5. The van der Waals surface area contributed by atoms with Gasteiger partial charge in [-0.1, -0.05) is 24.3 Å². The van der Waals surface area contributed by atoms with Crippen LogP contribution in [0.2, 0.25) is 0 Å². The number of benzene rings is 2. The van der Waals surface area contributed by atoms with Crippen molar-refractivity contribution in [2.75, 3.05) is 0 Å². The van der Waals surface area contributed by atoms with Crippen molar-refractivity contribution in [3.8, 4) is 5.75 Å². The maximum absolute atomic E-state index is 13.5. The van der Waals surface area contributed by atoms with E-state index in [1.807, 2.05) is 18.2 Å². The predicted octanol–water partition coefficient (Wildman–Crippen LogP) is 3.74. The Morgan fingerprint density at radius 3 is 2.90 bits per heavy atom. The highest BCUT2D eigenvalue weighted by molar-refractivity contribution is 5.39. The van der Waals surface area contributed by atoms with Crippen molar-refractivity contribution in [2.24, 2.45) is 5.73 Å². The molecule has 1 atom stereocenters. The number of hydrogen-bond acceptors (Lipinski definition) is 2. The fraction of sp³-hybridized carbons (Fsp3) is 0.294. The third-order valence-electron chi connectivity index (χ3n) is 3.83. The highest BCUT2D eigenvalue weighted by atomic mass is 19.1. The molecule has 0 aromatic heterocycles. The van der Waals surface area contributed by atoms with Gasteiger partial charge in [0.15, 0.2) is 0 Å². The molecule has 3 heteroatoms. The van der Waals surface area contributed by atoms with Crippen molar-refractivity contribution in [1.29, 1.82) is 0 Å². The van der Waals surface area contributed by atoms with Gasteiger partial charge in [0, 0.05) is 11.6 Å². The van der Waals surface area contributed by atoms with Crippen LogP contribution in [0.1, 0.15) is 35.6 Å². The lowest BCUT2D eigenvalue weighted by Gasteiger charge is -2.22. The summed E-state index contributed by atoms with van der Waals surface area (Å²) in [5, 5.41) is 0. The minimum Gasteiger partial charge on any atom is -0.489 e. The Morgan fingerprint density at radius 2 is 2.05 bits per heavy atom. The van der Waals surface area contributed by atoms with Gasteiger partial charge in [-0.2, -0.15) is 0 Å². The van der Waals surface area contributed by atoms with Crippen LogP contribution in [0, 0.1) is 5.82 Å². The average molecular weight is 271 g/mol. The molecule has 2 aromatic rings. The molecule has 2 nitrogen and oxygen atoms in total. The summed E-state index contributed by atoms with van der Waals surface area (Å²) in [4.78, 5) is 0. The largest absolute Gasteiger partial charge is 0.489 e. The molecule has 0 saturated carbocycles. The van der Waals surface area contributed by atoms with Gasteiger partial charge >= 0.3 is 0 Å². The lowest BCUT2D eigenvalue weighted by Crippen LogP contribution is -2.17. The lowest BCUT2D eigenvalue weighted by molar-refractivity contribution is 0.299. The molecule has 0 amide bonds. The van der Waals surface area contributed by atoms with E-state index in [0.717, 1.165) is 25.0 Å². The van der Waals surface area contributed by atoms with Gasteiger partial charge in [-0.15, -0.1) is 0 Å². The molecule has 0 bridgehead atoms. The quantitative estimate of drug-likeness (QED) is 0.923. The molecule has 3 rings (SSSR count). The summed E-state index contributed by atoms with van der Waals surface area (Å²) in [7, 11) is 0. The third kappa shape index (κ3) is 2.68. The summed E-state index contributed by atoms with van der Waals surface area (Å²) < 4.78 is 19.2. The number of halogens is 1. The SMILES string of the molecule is NC1CCCc2ccc(OCc3ccccc3F)cc21. The van der Waals surface area contributed by atoms with Gasteiger partial charge in [0.25, 0.3) is 0 Å². The van der Waals surface area contributed by atoms with E-state index in [2.05, 4.69) is 6.07 Å². The molecule has 2 N–H and O–H groups in total. The highest BCUT2D eigenvalue weighted by Gasteiger charge is 2.17. The van der Waals surface area contributed by atoms with Gasteiger partial charge in [-0.05, 0) is 48.6 Å². The molecular formula is C17H18FNO. The molecule has 0 radical (unpaired) electrons. The van der Waals surface area contributed by atoms with Crippen molar-refractivity contribution >= 4 is 0 Å². The van der Waals surface area contributed by atoms with Gasteiger partial charge in [-0.3, -0.25) is 0 Å². The fourth-order valence-electron chi connectivity index (χ4n) is 2.68. The molecule has 0 aliphatic heterocycles. The lowest BCUT2D eigenvalue weighted by atomic mass is 9.88. The number of hydrogen-bond donors (Lipinski definition) is 1. The Morgan fingerprint density at radius 1 is 1.20 bits per heavy atom. The van der Waals surface area contributed by atoms with Gasteiger partial charge in [-0.25, -0.2) is 4.39 Å². The monoisotopic (exact) mass is 271 g/mol. The normalized spacial score (nSPS) is 17.6. The van der Waals surface area contributed by atoms with Crippen molar-refractivity contribution in [3.63, 3.8) is 0 Å². The van der Waals surface area contributed by atoms with E-state index in [1.165, 1.54) is 17.2 Å². The molecule has 1 aliphatic carbocycles. The third-order valence-corrected chi connectivity index (χ3v) is 3.83. The van der Waals surface area contributed by atoms with Crippen LogP contribution < -0.4 is 10.5 Å². The summed E-state index contributed by atoms with van der Waals surface area (Å²) in [6, 6.07) is 12.8. The van der Waals surface area contributed by atoms with Crippen LogP contribution in [0.3, 0.4) is 0 Å². The van der Waals surface area contributed by atoms with Crippen molar-refractivity contribution in [3.05, 3.63) is 65.0 Å². The maximum Gasteiger partial charge on any atom is 0.129 e. The average Bonchev–Trinajstić information content (AvgIpc) is 2.47. The van der Waals surface area contributed by atoms with E-state index in [0.29, 0.717) is 5.56 Å². The summed E-state index contributed by atoms with van der Waals surface area (Å²) in [6.45, 7) is 0.237. The predicted molar refractivity (Wildman–Crippen MR) is 77.0 cm³/mol. The molecule has 1 unspecified atom stereocenters. The molecule has 0 saturated heterocycles. The summed E-state index contributed by atoms with van der Waals surface area (Å²) in [6.07, 6.45) is 3.24. The van der Waals surface area contributed by atoms with Crippen LogP contribution >= 0.6 is 0 Å². The number of rotatable bonds is 3. The summed E-state index contributed by atoms with van der Waals surface area (Å²) >= 11 is 0. The Bertz CT molecular complexity index is 612. The van der Waals surface area contributed by atoms with E-state index in [1.54, 1.807) is 12.1 Å². The van der Waals surface area contributed by atoms with Crippen LogP contribution in [0.5, 0.6) is 5.75 Å². The van der Waals surface area contributed by atoms with E-state index in [4.69, 9.17) is 10.5 Å².